The predicted octanol–water partition coefficient (Wildman–Crippen LogP) is 4.01. The highest BCUT2D eigenvalue weighted by atomic mass is 32.1. The summed E-state index contributed by atoms with van der Waals surface area (Å²) in [7, 11) is 0. The Morgan fingerprint density at radius 1 is 1.45 bits per heavy atom. The SMILES string of the molecule is CCC(C)(C)[C@H]1CCc2c(sc(NC(=O)CC#N)c2C#N)C1. The highest BCUT2D eigenvalue weighted by Gasteiger charge is 2.33. The number of carbonyl (C=O) groups excluding carboxylic acids is 1. The van der Waals surface area contributed by atoms with Gasteiger partial charge in [-0.15, -0.1) is 11.3 Å². The summed E-state index contributed by atoms with van der Waals surface area (Å²) in [5.74, 6) is 0.265. The van der Waals surface area contributed by atoms with Crippen LogP contribution in [0.15, 0.2) is 0 Å². The van der Waals surface area contributed by atoms with E-state index in [0.717, 1.165) is 31.2 Å². The van der Waals surface area contributed by atoms with Crippen LogP contribution in [-0.2, 0) is 17.6 Å². The number of thiophene rings is 1. The van der Waals surface area contributed by atoms with Gasteiger partial charge in [0.2, 0.25) is 5.91 Å². The molecule has 1 atom stereocenters. The molecule has 1 aliphatic rings. The van der Waals surface area contributed by atoms with Gasteiger partial charge in [-0.25, -0.2) is 0 Å². The van der Waals surface area contributed by atoms with Gasteiger partial charge in [0.1, 0.15) is 17.5 Å². The first-order chi connectivity index (χ1) is 10.4. The first kappa shape index (κ1) is 16.5. The van der Waals surface area contributed by atoms with Crippen molar-refractivity contribution in [2.45, 2.75) is 52.9 Å². The van der Waals surface area contributed by atoms with Gasteiger partial charge in [-0.1, -0.05) is 27.2 Å². The summed E-state index contributed by atoms with van der Waals surface area (Å²) < 4.78 is 0. The number of hydrogen-bond donors (Lipinski definition) is 1. The zero-order valence-electron chi connectivity index (χ0n) is 13.3. The molecule has 5 heteroatoms. The Hall–Kier alpha value is -1.85. The van der Waals surface area contributed by atoms with Crippen LogP contribution in [0.4, 0.5) is 5.00 Å². The molecular formula is C17H21N3OS. The summed E-state index contributed by atoms with van der Waals surface area (Å²) in [5.41, 5.74) is 1.99. The van der Waals surface area contributed by atoms with Crippen LogP contribution in [0.5, 0.6) is 0 Å². The summed E-state index contributed by atoms with van der Waals surface area (Å²) in [6.45, 7) is 6.83. The van der Waals surface area contributed by atoms with Crippen LogP contribution in [0.25, 0.3) is 0 Å². The molecule has 1 N–H and O–H groups in total. The van der Waals surface area contributed by atoms with Crippen LogP contribution < -0.4 is 5.32 Å². The molecule has 0 saturated heterocycles. The van der Waals surface area contributed by atoms with Gasteiger partial charge < -0.3 is 5.32 Å². The normalized spacial score (nSPS) is 17.2. The number of nitriles is 2. The molecule has 0 fully saturated rings. The minimum Gasteiger partial charge on any atom is -0.316 e. The van der Waals surface area contributed by atoms with Crippen molar-refractivity contribution in [1.29, 1.82) is 10.5 Å². The van der Waals surface area contributed by atoms with E-state index in [2.05, 4.69) is 32.2 Å². The van der Waals surface area contributed by atoms with Gasteiger partial charge >= 0.3 is 0 Å². The average molecular weight is 315 g/mol. The van der Waals surface area contributed by atoms with E-state index in [0.29, 0.717) is 21.9 Å². The fourth-order valence-electron chi connectivity index (χ4n) is 2.99. The lowest BCUT2D eigenvalue weighted by atomic mass is 9.69. The van der Waals surface area contributed by atoms with Crippen LogP contribution in [0.2, 0.25) is 0 Å². The molecule has 1 amide bonds. The smallest absolute Gasteiger partial charge is 0.239 e. The quantitative estimate of drug-likeness (QED) is 0.911. The second-order valence-electron chi connectivity index (χ2n) is 6.48. The Labute approximate surface area is 135 Å². The standard InChI is InChI=1S/C17H21N3OS/c1-4-17(2,3)11-5-6-12-13(10-19)16(22-14(12)9-11)20-15(21)7-8-18/h11H,4-7,9H2,1-3H3,(H,20,21)/t11-/m0/s1. The van der Waals surface area contributed by atoms with Gasteiger partial charge in [-0.2, -0.15) is 10.5 Å². The van der Waals surface area contributed by atoms with Crippen LogP contribution in [0.1, 0.15) is 56.0 Å². The van der Waals surface area contributed by atoms with E-state index in [9.17, 15) is 10.1 Å². The van der Waals surface area contributed by atoms with Crippen molar-refractivity contribution in [2.24, 2.45) is 11.3 Å². The molecule has 0 radical (unpaired) electrons. The summed E-state index contributed by atoms with van der Waals surface area (Å²) in [5, 5.41) is 21.3. The lowest BCUT2D eigenvalue weighted by Crippen LogP contribution is -2.28. The maximum absolute atomic E-state index is 11.6. The Bertz CT molecular complexity index is 661. The van der Waals surface area contributed by atoms with Crippen molar-refractivity contribution in [1.82, 2.24) is 0 Å². The molecule has 0 spiro atoms. The van der Waals surface area contributed by atoms with Crippen LogP contribution >= 0.6 is 11.3 Å². The third-order valence-electron chi connectivity index (χ3n) is 4.89. The van der Waals surface area contributed by atoms with Crippen molar-refractivity contribution in [3.05, 3.63) is 16.0 Å². The summed E-state index contributed by atoms with van der Waals surface area (Å²) >= 11 is 1.51. The number of anilines is 1. The lowest BCUT2D eigenvalue weighted by molar-refractivity contribution is -0.115. The second-order valence-corrected chi connectivity index (χ2v) is 7.59. The number of nitrogens with one attached hydrogen (secondary N) is 1. The Morgan fingerprint density at radius 2 is 2.18 bits per heavy atom. The van der Waals surface area contributed by atoms with Gasteiger partial charge in [-0.05, 0) is 36.2 Å². The molecule has 1 aromatic heterocycles. The minimum atomic E-state index is -0.344. The van der Waals surface area contributed by atoms with Gasteiger partial charge in [0.15, 0.2) is 0 Å². The fraction of sp³-hybridized carbons (Fsp3) is 0.588. The van der Waals surface area contributed by atoms with Gasteiger partial charge in [-0.3, -0.25) is 4.79 Å². The summed E-state index contributed by atoms with van der Waals surface area (Å²) in [6, 6.07) is 4.06. The highest BCUT2D eigenvalue weighted by Crippen LogP contribution is 2.45. The van der Waals surface area contributed by atoms with E-state index in [-0.39, 0.29) is 12.3 Å². The fourth-order valence-corrected chi connectivity index (χ4v) is 4.28. The number of fused-ring (bicyclic) bond motifs is 1. The van der Waals surface area contributed by atoms with Crippen molar-refractivity contribution in [3.8, 4) is 12.1 Å². The largest absolute Gasteiger partial charge is 0.316 e. The van der Waals surface area contributed by atoms with Gasteiger partial charge in [0.05, 0.1) is 11.6 Å². The van der Waals surface area contributed by atoms with Crippen molar-refractivity contribution in [2.75, 3.05) is 5.32 Å². The molecule has 1 aromatic rings. The second kappa shape index (κ2) is 6.50. The number of rotatable bonds is 4. The predicted molar refractivity (Wildman–Crippen MR) is 87.5 cm³/mol. The molecular weight excluding hydrogens is 294 g/mol. The number of carbonyl (C=O) groups is 1. The van der Waals surface area contributed by atoms with Crippen LogP contribution in [-0.4, -0.2) is 5.91 Å². The number of hydrogen-bond acceptors (Lipinski definition) is 4. The van der Waals surface area contributed by atoms with Crippen LogP contribution in [0.3, 0.4) is 0 Å². The van der Waals surface area contributed by atoms with Crippen molar-refractivity contribution >= 4 is 22.2 Å². The molecule has 1 heterocycles. The molecule has 0 saturated carbocycles. The van der Waals surface area contributed by atoms with E-state index in [4.69, 9.17) is 5.26 Å². The van der Waals surface area contributed by atoms with Gasteiger partial charge in [0, 0.05) is 4.88 Å². The molecule has 0 aromatic carbocycles. The third kappa shape index (κ3) is 3.15. The molecule has 4 nitrogen and oxygen atoms in total. The summed E-state index contributed by atoms with van der Waals surface area (Å²) in [4.78, 5) is 12.9. The Kier molecular flexibility index (Phi) is 4.88. The van der Waals surface area contributed by atoms with Crippen LogP contribution in [0, 0.1) is 34.0 Å². The maximum Gasteiger partial charge on any atom is 0.239 e. The first-order valence-corrected chi connectivity index (χ1v) is 8.46. The number of amides is 1. The topological polar surface area (TPSA) is 76.7 Å². The molecule has 0 unspecified atom stereocenters. The molecule has 0 aliphatic heterocycles. The third-order valence-corrected chi connectivity index (χ3v) is 6.06. The van der Waals surface area contributed by atoms with E-state index >= 15 is 0 Å². The van der Waals surface area contributed by atoms with E-state index in [1.807, 2.05) is 6.07 Å². The molecule has 0 bridgehead atoms. The monoisotopic (exact) mass is 315 g/mol. The Balaban J connectivity index is 2.27. The molecule has 2 rings (SSSR count). The van der Waals surface area contributed by atoms with Crippen molar-refractivity contribution < 1.29 is 4.79 Å². The molecule has 22 heavy (non-hydrogen) atoms. The Morgan fingerprint density at radius 3 is 2.77 bits per heavy atom. The zero-order valence-corrected chi connectivity index (χ0v) is 14.1. The zero-order chi connectivity index (χ0) is 16.3. The first-order valence-electron chi connectivity index (χ1n) is 7.64. The highest BCUT2D eigenvalue weighted by molar-refractivity contribution is 7.16. The minimum absolute atomic E-state index is 0.182. The average Bonchev–Trinajstić information content (AvgIpc) is 2.83. The van der Waals surface area contributed by atoms with E-state index in [1.54, 1.807) is 0 Å². The maximum atomic E-state index is 11.6. The molecule has 1 aliphatic carbocycles. The van der Waals surface area contributed by atoms with E-state index < -0.39 is 0 Å². The number of nitrogens with zero attached hydrogens (tertiary/aromatic N) is 2. The van der Waals surface area contributed by atoms with Crippen molar-refractivity contribution in [3.63, 3.8) is 0 Å². The van der Waals surface area contributed by atoms with E-state index in [1.165, 1.54) is 16.2 Å². The van der Waals surface area contributed by atoms with Gasteiger partial charge in [0.25, 0.3) is 0 Å². The lowest BCUT2D eigenvalue weighted by Gasteiger charge is -2.36. The molecule has 116 valence electrons. The summed E-state index contributed by atoms with van der Waals surface area (Å²) in [6.07, 6.45) is 3.92.